The van der Waals surface area contributed by atoms with Crippen LogP contribution in [0.2, 0.25) is 0 Å². The van der Waals surface area contributed by atoms with E-state index in [1.54, 1.807) is 0 Å². The lowest BCUT2D eigenvalue weighted by Crippen LogP contribution is -2.32. The molecule has 1 amide bonds. The Kier molecular flexibility index (Phi) is 4.62. The van der Waals surface area contributed by atoms with E-state index in [4.69, 9.17) is 0 Å². The first-order chi connectivity index (χ1) is 11.0. The van der Waals surface area contributed by atoms with Crippen molar-refractivity contribution in [1.29, 1.82) is 0 Å². The van der Waals surface area contributed by atoms with Gasteiger partial charge in [-0.2, -0.15) is 0 Å². The fourth-order valence-corrected chi connectivity index (χ4v) is 3.63. The first kappa shape index (κ1) is 16.3. The Morgan fingerprint density at radius 3 is 2.48 bits per heavy atom. The van der Waals surface area contributed by atoms with Crippen LogP contribution in [0.25, 0.3) is 0 Å². The topological polar surface area (TPSA) is 44.4 Å². The number of carbonyl (C=O) groups is 1. The molecule has 0 aromatic heterocycles. The first-order valence-electron chi connectivity index (χ1n) is 8.83. The highest BCUT2D eigenvalue weighted by atomic mass is 16.2. The fraction of sp³-hybridized carbons (Fsp3) is 0.632. The molecule has 2 aliphatic rings. The van der Waals surface area contributed by atoms with Gasteiger partial charge in [0.15, 0.2) is 0 Å². The summed E-state index contributed by atoms with van der Waals surface area (Å²) in [5.74, 6) is 2.03. The van der Waals surface area contributed by atoms with Crippen LogP contribution in [0.3, 0.4) is 0 Å². The second kappa shape index (κ2) is 6.52. The van der Waals surface area contributed by atoms with Gasteiger partial charge in [0.2, 0.25) is 0 Å². The molecule has 23 heavy (non-hydrogen) atoms. The lowest BCUT2D eigenvalue weighted by molar-refractivity contribution is 0.0781. The van der Waals surface area contributed by atoms with E-state index < -0.39 is 0 Å². The molecular formula is C19H29N3O. The molecule has 0 saturated carbocycles. The van der Waals surface area contributed by atoms with Crippen LogP contribution < -0.4 is 10.6 Å². The molecule has 2 heterocycles. The average Bonchev–Trinajstić information content (AvgIpc) is 3.09. The van der Waals surface area contributed by atoms with E-state index in [0.717, 1.165) is 43.0 Å². The van der Waals surface area contributed by atoms with Crippen LogP contribution in [0.1, 0.15) is 36.7 Å². The van der Waals surface area contributed by atoms with Crippen LogP contribution in [-0.2, 0) is 0 Å². The number of nitrogens with zero attached hydrogens (tertiary/aromatic N) is 1. The number of hydrogen-bond acceptors (Lipinski definition) is 3. The molecular weight excluding hydrogens is 286 g/mol. The predicted octanol–water partition coefficient (Wildman–Crippen LogP) is 2.74. The number of fused-ring (bicyclic) bond motifs is 1. The maximum Gasteiger partial charge on any atom is 0.254 e. The highest BCUT2D eigenvalue weighted by Crippen LogP contribution is 2.29. The number of amides is 1. The Bertz CT molecular complexity index is 572. The second-order valence-corrected chi connectivity index (χ2v) is 7.54. The van der Waals surface area contributed by atoms with Crippen LogP contribution >= 0.6 is 0 Å². The van der Waals surface area contributed by atoms with Gasteiger partial charge in [0.25, 0.3) is 5.91 Å². The van der Waals surface area contributed by atoms with Gasteiger partial charge < -0.3 is 15.5 Å². The highest BCUT2D eigenvalue weighted by Gasteiger charge is 2.38. The molecule has 0 aliphatic carbocycles. The van der Waals surface area contributed by atoms with Crippen molar-refractivity contribution in [3.05, 3.63) is 29.3 Å². The molecule has 0 spiro atoms. The van der Waals surface area contributed by atoms with Crippen molar-refractivity contribution in [2.45, 2.75) is 33.7 Å². The minimum absolute atomic E-state index is 0.192. The third-order valence-electron chi connectivity index (χ3n) is 5.62. The van der Waals surface area contributed by atoms with E-state index in [0.29, 0.717) is 23.8 Å². The quantitative estimate of drug-likeness (QED) is 0.898. The monoisotopic (exact) mass is 315 g/mol. The number of hydrogen-bond donors (Lipinski definition) is 2. The Morgan fingerprint density at radius 2 is 1.87 bits per heavy atom. The smallest absolute Gasteiger partial charge is 0.254 e. The SMILES string of the molecule is Cc1c(NC(C)C(C)C)cccc1C(=O)N1C[C@H]2CNC[C@H]2C1. The number of rotatable bonds is 4. The summed E-state index contributed by atoms with van der Waals surface area (Å²) in [6, 6.07) is 6.42. The standard InChI is InChI=1S/C19H29N3O/c1-12(2)14(4)21-18-7-5-6-17(13(18)3)19(23)22-10-15-8-20-9-16(15)11-22/h5-7,12,14-16,20-21H,8-11H2,1-4H3/t14?,15-,16+. The largest absolute Gasteiger partial charge is 0.382 e. The Morgan fingerprint density at radius 1 is 1.22 bits per heavy atom. The summed E-state index contributed by atoms with van der Waals surface area (Å²) in [5.41, 5.74) is 3.00. The number of likely N-dealkylation sites (tertiary alicyclic amines) is 1. The van der Waals surface area contributed by atoms with Gasteiger partial charge in [-0.1, -0.05) is 19.9 Å². The molecule has 1 aromatic carbocycles. The number of anilines is 1. The van der Waals surface area contributed by atoms with Crippen LogP contribution in [0.4, 0.5) is 5.69 Å². The Balaban J connectivity index is 1.76. The molecule has 4 nitrogen and oxygen atoms in total. The molecule has 3 rings (SSSR count). The van der Waals surface area contributed by atoms with Gasteiger partial charge in [0, 0.05) is 43.5 Å². The van der Waals surface area contributed by atoms with Crippen molar-refractivity contribution < 1.29 is 4.79 Å². The van der Waals surface area contributed by atoms with E-state index in [2.05, 4.69) is 44.4 Å². The Labute approximate surface area is 139 Å². The highest BCUT2D eigenvalue weighted by molar-refractivity contribution is 5.97. The summed E-state index contributed by atoms with van der Waals surface area (Å²) >= 11 is 0. The third-order valence-corrected chi connectivity index (χ3v) is 5.62. The van der Waals surface area contributed by atoms with Gasteiger partial charge in [-0.25, -0.2) is 0 Å². The molecule has 126 valence electrons. The summed E-state index contributed by atoms with van der Waals surface area (Å²) < 4.78 is 0. The van der Waals surface area contributed by atoms with Crippen molar-refractivity contribution in [2.24, 2.45) is 17.8 Å². The molecule has 0 radical (unpaired) electrons. The minimum atomic E-state index is 0.192. The minimum Gasteiger partial charge on any atom is -0.382 e. The van der Waals surface area contributed by atoms with E-state index in [1.807, 2.05) is 17.0 Å². The normalized spacial score (nSPS) is 24.8. The zero-order chi connectivity index (χ0) is 16.6. The maximum absolute atomic E-state index is 12.9. The summed E-state index contributed by atoms with van der Waals surface area (Å²) in [6.07, 6.45) is 0. The zero-order valence-electron chi connectivity index (χ0n) is 14.7. The van der Waals surface area contributed by atoms with Gasteiger partial charge in [0.1, 0.15) is 0 Å². The number of carbonyl (C=O) groups excluding carboxylic acids is 1. The van der Waals surface area contributed by atoms with Crippen molar-refractivity contribution in [2.75, 3.05) is 31.5 Å². The number of nitrogens with one attached hydrogen (secondary N) is 2. The van der Waals surface area contributed by atoms with E-state index >= 15 is 0 Å². The summed E-state index contributed by atoms with van der Waals surface area (Å²) in [4.78, 5) is 15.0. The summed E-state index contributed by atoms with van der Waals surface area (Å²) in [7, 11) is 0. The van der Waals surface area contributed by atoms with Crippen molar-refractivity contribution in [3.63, 3.8) is 0 Å². The van der Waals surface area contributed by atoms with Crippen LogP contribution in [0.5, 0.6) is 0 Å². The predicted molar refractivity (Wildman–Crippen MR) is 94.9 cm³/mol. The fourth-order valence-electron chi connectivity index (χ4n) is 3.63. The van der Waals surface area contributed by atoms with Crippen LogP contribution in [0.15, 0.2) is 18.2 Å². The summed E-state index contributed by atoms with van der Waals surface area (Å²) in [6.45, 7) is 12.6. The lowest BCUT2D eigenvalue weighted by atomic mass is 10.0. The molecule has 2 fully saturated rings. The van der Waals surface area contributed by atoms with Gasteiger partial charge in [-0.15, -0.1) is 0 Å². The van der Waals surface area contributed by atoms with E-state index in [9.17, 15) is 4.79 Å². The molecule has 3 atom stereocenters. The molecule has 1 unspecified atom stereocenters. The van der Waals surface area contributed by atoms with Crippen molar-refractivity contribution in [1.82, 2.24) is 10.2 Å². The molecule has 2 N–H and O–H groups in total. The van der Waals surface area contributed by atoms with Gasteiger partial charge in [-0.05, 0) is 49.3 Å². The van der Waals surface area contributed by atoms with Crippen LogP contribution in [0, 0.1) is 24.7 Å². The number of benzene rings is 1. The molecule has 2 aliphatic heterocycles. The summed E-state index contributed by atoms with van der Waals surface area (Å²) in [5, 5.41) is 6.98. The van der Waals surface area contributed by atoms with Gasteiger partial charge in [0.05, 0.1) is 0 Å². The van der Waals surface area contributed by atoms with Crippen LogP contribution in [-0.4, -0.2) is 43.0 Å². The average molecular weight is 315 g/mol. The van der Waals surface area contributed by atoms with Crippen molar-refractivity contribution >= 4 is 11.6 Å². The molecule has 4 heteroatoms. The van der Waals surface area contributed by atoms with E-state index in [1.165, 1.54) is 0 Å². The van der Waals surface area contributed by atoms with Crippen molar-refractivity contribution in [3.8, 4) is 0 Å². The second-order valence-electron chi connectivity index (χ2n) is 7.54. The molecule has 1 aromatic rings. The zero-order valence-corrected chi connectivity index (χ0v) is 14.7. The molecule has 0 bridgehead atoms. The van der Waals surface area contributed by atoms with Gasteiger partial charge in [-0.3, -0.25) is 4.79 Å². The van der Waals surface area contributed by atoms with Gasteiger partial charge >= 0.3 is 0 Å². The molecule has 2 saturated heterocycles. The maximum atomic E-state index is 12.9. The lowest BCUT2D eigenvalue weighted by Gasteiger charge is -2.23. The van der Waals surface area contributed by atoms with E-state index in [-0.39, 0.29) is 5.91 Å². The Hall–Kier alpha value is -1.55. The first-order valence-corrected chi connectivity index (χ1v) is 8.83. The third kappa shape index (κ3) is 3.23.